The number of aromatic amines is 1. The van der Waals surface area contributed by atoms with E-state index in [4.69, 9.17) is 29.8 Å². The van der Waals surface area contributed by atoms with Crippen LogP contribution in [-0.2, 0) is 78.1 Å². The first kappa shape index (κ1) is 86.6. The van der Waals surface area contributed by atoms with Gasteiger partial charge in [0, 0.05) is 82.5 Å². The summed E-state index contributed by atoms with van der Waals surface area (Å²) >= 11 is 0. The van der Waals surface area contributed by atoms with Gasteiger partial charge in [0.15, 0.2) is 5.78 Å². The fourth-order valence-corrected chi connectivity index (χ4v) is 11.2. The van der Waals surface area contributed by atoms with Gasteiger partial charge in [-0.05, 0) is 96.8 Å². The van der Waals surface area contributed by atoms with Gasteiger partial charge in [-0.2, -0.15) is 0 Å². The number of carboxylic acids is 3. The number of ketones is 2. The summed E-state index contributed by atoms with van der Waals surface area (Å²) in [5.74, 6) is -6.68. The van der Waals surface area contributed by atoms with Crippen LogP contribution in [0.3, 0.4) is 0 Å². The minimum absolute atomic E-state index is 0.00207. The fourth-order valence-electron chi connectivity index (χ4n) is 11.2. The van der Waals surface area contributed by atoms with E-state index < -0.39 is 83.8 Å². The van der Waals surface area contributed by atoms with Crippen molar-refractivity contribution in [3.63, 3.8) is 0 Å². The number of hydrogen-bond acceptors (Lipinski definition) is 19. The summed E-state index contributed by atoms with van der Waals surface area (Å²) in [6, 6.07) is -3.41. The number of amides is 6. The van der Waals surface area contributed by atoms with Crippen LogP contribution in [-0.4, -0.2) is 204 Å². The van der Waals surface area contributed by atoms with E-state index in [-0.39, 0.29) is 140 Å². The van der Waals surface area contributed by atoms with E-state index in [1.54, 1.807) is 20.0 Å². The number of ether oxygens (including phenoxy) is 4. The number of imidazole rings is 1. The number of H-pyrrole nitrogens is 1. The molecule has 6 amide bonds. The number of carbonyl (C=O) groups is 11. The van der Waals surface area contributed by atoms with Crippen molar-refractivity contribution >= 4 is 64.9 Å². The Morgan fingerprint density at radius 1 is 0.567 bits per heavy atom. The Morgan fingerprint density at radius 2 is 1.08 bits per heavy atom. The Kier molecular flexibility index (Phi) is 47.7. The summed E-state index contributed by atoms with van der Waals surface area (Å²) in [4.78, 5) is 142. The molecule has 2 rings (SSSR count). The van der Waals surface area contributed by atoms with Crippen molar-refractivity contribution in [2.75, 3.05) is 79.0 Å². The minimum atomic E-state index is -1.28. The zero-order chi connectivity index (χ0) is 71.5. The largest absolute Gasteiger partial charge is 0.481 e. The van der Waals surface area contributed by atoms with E-state index in [0.29, 0.717) is 57.3 Å². The van der Waals surface area contributed by atoms with Crippen LogP contribution < -0.4 is 43.0 Å². The first-order valence-electron chi connectivity index (χ1n) is 35.3. The quantitative estimate of drug-likeness (QED) is 0.0316. The SMILES string of the molecule is CC(=O)[C@H](CCCCNC(=O)COCCOCCNC(=O)COCCOCCNC(=O)[C@H](CCC(=O)O)NC(=O)CCC(NC(O)[C@H]1CC[C@H](CNC(=O)CCCCCCCCCCCCCCCCCCC(=O)O)CC1)C(=O)O)CC(=O)C(C)(C)NC(=O)C(N)Cc1cnc[nH]1. The van der Waals surface area contributed by atoms with Gasteiger partial charge in [-0.1, -0.05) is 96.3 Å². The number of carboxylic acid groups (broad SMARTS) is 3. The molecule has 97 heavy (non-hydrogen) atoms. The molecule has 5 atom stereocenters. The van der Waals surface area contributed by atoms with Crippen molar-refractivity contribution in [1.82, 2.24) is 47.2 Å². The van der Waals surface area contributed by atoms with Gasteiger partial charge >= 0.3 is 17.9 Å². The predicted octanol–water partition coefficient (Wildman–Crippen LogP) is 4.44. The van der Waals surface area contributed by atoms with Gasteiger partial charge in [-0.3, -0.25) is 58.1 Å². The van der Waals surface area contributed by atoms with Gasteiger partial charge in [0.1, 0.15) is 37.3 Å². The predicted molar refractivity (Wildman–Crippen MR) is 360 cm³/mol. The lowest BCUT2D eigenvalue weighted by atomic mass is 9.81. The molecule has 0 radical (unpaired) electrons. The molecule has 1 saturated carbocycles. The van der Waals surface area contributed by atoms with E-state index in [0.717, 1.165) is 51.4 Å². The molecule has 0 aromatic carbocycles. The molecule has 554 valence electrons. The summed E-state index contributed by atoms with van der Waals surface area (Å²) in [5, 5.41) is 57.9. The highest BCUT2D eigenvalue weighted by Crippen LogP contribution is 2.30. The molecule has 1 heterocycles. The molecule has 0 aliphatic heterocycles. The number of carbonyl (C=O) groups excluding carboxylic acids is 8. The molecule has 0 bridgehead atoms. The molecule has 3 unspecified atom stereocenters. The number of nitrogens with zero attached hydrogens (tertiary/aromatic N) is 1. The first-order chi connectivity index (χ1) is 46.5. The number of aromatic nitrogens is 2. The zero-order valence-corrected chi connectivity index (χ0v) is 58.0. The van der Waals surface area contributed by atoms with Gasteiger partial charge in [-0.25, -0.2) is 4.98 Å². The molecule has 1 fully saturated rings. The van der Waals surface area contributed by atoms with Crippen LogP contribution in [0, 0.1) is 17.8 Å². The van der Waals surface area contributed by atoms with E-state index in [2.05, 4.69) is 47.2 Å². The molecule has 14 N–H and O–H groups in total. The van der Waals surface area contributed by atoms with Gasteiger partial charge in [0.05, 0.1) is 57.5 Å². The van der Waals surface area contributed by atoms with Gasteiger partial charge in [0.25, 0.3) is 0 Å². The zero-order valence-electron chi connectivity index (χ0n) is 58.0. The molecule has 29 heteroatoms. The third-order valence-electron chi connectivity index (χ3n) is 17.2. The molecule has 0 saturated heterocycles. The Balaban J connectivity index is 1.49. The smallest absolute Gasteiger partial charge is 0.320 e. The molecular weight excluding hydrogens is 1260 g/mol. The topological polar surface area (TPSA) is 445 Å². The van der Waals surface area contributed by atoms with Crippen LogP contribution in [0.15, 0.2) is 12.5 Å². The second kappa shape index (κ2) is 53.5. The van der Waals surface area contributed by atoms with E-state index in [1.165, 1.54) is 77.5 Å². The number of aliphatic hydroxyl groups is 1. The first-order valence-corrected chi connectivity index (χ1v) is 35.3. The van der Waals surface area contributed by atoms with Crippen LogP contribution in [0.4, 0.5) is 0 Å². The average Bonchev–Trinajstić information content (AvgIpc) is 1.89. The summed E-state index contributed by atoms with van der Waals surface area (Å²) < 4.78 is 21.6. The van der Waals surface area contributed by atoms with Crippen LogP contribution in [0.25, 0.3) is 0 Å². The second-order valence-electron chi connectivity index (χ2n) is 26.0. The lowest BCUT2D eigenvalue weighted by molar-refractivity contribution is -0.142. The molecule has 1 aromatic heterocycles. The monoisotopic (exact) mass is 1380 g/mol. The highest BCUT2D eigenvalue weighted by Gasteiger charge is 2.34. The van der Waals surface area contributed by atoms with Crippen LogP contribution in [0.2, 0.25) is 0 Å². The molecule has 1 aromatic rings. The minimum Gasteiger partial charge on any atom is -0.481 e. The number of unbranched alkanes of at least 4 members (excludes halogenated alkanes) is 16. The van der Waals surface area contributed by atoms with Crippen molar-refractivity contribution in [2.45, 2.75) is 250 Å². The second-order valence-corrected chi connectivity index (χ2v) is 26.0. The van der Waals surface area contributed by atoms with E-state index in [1.807, 2.05) is 0 Å². The Bertz CT molecular complexity index is 2430. The third-order valence-corrected chi connectivity index (χ3v) is 17.2. The molecule has 0 spiro atoms. The number of hydrogen-bond donors (Lipinski definition) is 13. The molecule has 1 aliphatic carbocycles. The number of nitrogens with two attached hydrogens (primary N) is 1. The van der Waals surface area contributed by atoms with Crippen LogP contribution in [0.5, 0.6) is 0 Å². The third kappa shape index (κ3) is 44.9. The lowest BCUT2D eigenvalue weighted by Gasteiger charge is -2.33. The maximum Gasteiger partial charge on any atom is 0.320 e. The summed E-state index contributed by atoms with van der Waals surface area (Å²) in [6.07, 6.45) is 24.3. The molecule has 1 aliphatic rings. The van der Waals surface area contributed by atoms with Crippen molar-refractivity contribution in [1.29, 1.82) is 0 Å². The number of Topliss-reactive ketones (excluding diaryl/α,β-unsaturated/α-hetero) is 2. The number of aliphatic hydroxyl groups excluding tert-OH is 1. The van der Waals surface area contributed by atoms with Gasteiger partial charge < -0.3 is 82.0 Å². The Hall–Kier alpha value is -6.50. The maximum absolute atomic E-state index is 13.1. The van der Waals surface area contributed by atoms with Gasteiger partial charge in [-0.15, -0.1) is 0 Å². The van der Waals surface area contributed by atoms with Crippen molar-refractivity contribution in [3.05, 3.63) is 18.2 Å². The van der Waals surface area contributed by atoms with Gasteiger partial charge in [0.2, 0.25) is 35.4 Å². The Morgan fingerprint density at radius 3 is 1.61 bits per heavy atom. The molecule has 29 nitrogen and oxygen atoms in total. The standard InChI is InChI=1S/C68H118N10O19/c1-49(79)52(42-57(80)68(2,3)78-65(90)54(69)43-53-45-70-48-75-53)22-20-21-33-71-60(83)46-96-40-38-94-36-34-72-61(84)47-97-41-39-95-37-35-73-66(91)55(30-32-63(87)88)76-59(82)31-29-56(67(92)93)77-64(89)51-27-25-50(26-28-51)44-74-58(81)23-18-16-14-12-10-8-6-4-5-7-9-11-13-15-17-19-24-62(85)86/h45,48,50-52,54-56,64,77,89H,4-44,46-47,69H2,1-3H3,(H,70,75)(H,71,83)(H,72,84)(H,73,91)(H,74,81)(H,76,82)(H,78,90)(H,85,86)(H,87,88)(H,92,93)/t50-,51-,52-,54?,55+,56?,64?/m1/s1. The highest BCUT2D eigenvalue weighted by atomic mass is 16.5. The highest BCUT2D eigenvalue weighted by molar-refractivity contribution is 5.96. The van der Waals surface area contributed by atoms with Crippen LogP contribution in [0.1, 0.15) is 219 Å². The maximum atomic E-state index is 13.1. The van der Waals surface area contributed by atoms with Crippen LogP contribution >= 0.6 is 0 Å². The van der Waals surface area contributed by atoms with Crippen molar-refractivity contribution in [2.24, 2.45) is 23.5 Å². The number of rotatable bonds is 62. The normalized spacial score (nSPS) is 15.4. The van der Waals surface area contributed by atoms with Crippen molar-refractivity contribution < 1.29 is 92.1 Å². The average molecular weight is 1380 g/mol. The lowest BCUT2D eigenvalue weighted by Crippen LogP contribution is -2.55. The van der Waals surface area contributed by atoms with E-state index >= 15 is 0 Å². The summed E-state index contributed by atoms with van der Waals surface area (Å²) in [5.41, 5.74) is 5.46. The fraction of sp³-hybridized carbons (Fsp3) is 0.794. The van der Waals surface area contributed by atoms with Crippen molar-refractivity contribution in [3.8, 4) is 0 Å². The number of aliphatic carboxylic acids is 3. The summed E-state index contributed by atoms with van der Waals surface area (Å²) in [6.45, 7) is 5.82. The Labute approximate surface area is 572 Å². The summed E-state index contributed by atoms with van der Waals surface area (Å²) in [7, 11) is 0. The van der Waals surface area contributed by atoms with E-state index in [9.17, 15) is 68.1 Å². The molecular formula is C68H118N10O19. The number of nitrogens with one attached hydrogen (secondary N) is 8.